The van der Waals surface area contributed by atoms with E-state index in [0.717, 1.165) is 38.7 Å². The van der Waals surface area contributed by atoms with Crippen LogP contribution in [0.5, 0.6) is 0 Å². The maximum absolute atomic E-state index is 11.3. The number of hydrogen-bond acceptors (Lipinski definition) is 4. The predicted octanol–water partition coefficient (Wildman–Crippen LogP) is 1.39. The summed E-state index contributed by atoms with van der Waals surface area (Å²) in [6.07, 6.45) is 4.89. The van der Waals surface area contributed by atoms with E-state index in [4.69, 9.17) is 10.6 Å². The summed E-state index contributed by atoms with van der Waals surface area (Å²) in [5, 5.41) is 0. The minimum atomic E-state index is -0.328. The van der Waals surface area contributed by atoms with Gasteiger partial charge >= 0.3 is 5.97 Å². The number of nitrogens with two attached hydrogens (primary N) is 1. The van der Waals surface area contributed by atoms with E-state index in [9.17, 15) is 4.79 Å². The molecular weight excluding hydrogens is 182 g/mol. The van der Waals surface area contributed by atoms with Crippen LogP contribution in [-0.2, 0) is 14.4 Å². The zero-order valence-electron chi connectivity index (χ0n) is 8.70. The summed E-state index contributed by atoms with van der Waals surface area (Å²) >= 11 is 0. The van der Waals surface area contributed by atoms with Crippen molar-refractivity contribution < 1.29 is 14.4 Å². The van der Waals surface area contributed by atoms with E-state index in [0.29, 0.717) is 0 Å². The first kappa shape index (κ1) is 11.5. The van der Waals surface area contributed by atoms with Gasteiger partial charge in [-0.3, -0.25) is 0 Å². The van der Waals surface area contributed by atoms with Crippen molar-refractivity contribution in [1.82, 2.24) is 0 Å². The SMILES string of the molecule is CCCCC1OCCCC1C(=O)ON. The molecule has 0 aromatic carbocycles. The van der Waals surface area contributed by atoms with E-state index in [1.807, 2.05) is 0 Å². The van der Waals surface area contributed by atoms with E-state index in [2.05, 4.69) is 11.8 Å². The molecule has 0 radical (unpaired) electrons. The zero-order chi connectivity index (χ0) is 10.4. The molecule has 2 atom stereocenters. The first-order valence-electron chi connectivity index (χ1n) is 5.31. The smallest absolute Gasteiger partial charge is 0.330 e. The summed E-state index contributed by atoms with van der Waals surface area (Å²) in [5.74, 6) is 4.41. The van der Waals surface area contributed by atoms with Crippen LogP contribution in [0.25, 0.3) is 0 Å². The molecule has 0 saturated carbocycles. The minimum absolute atomic E-state index is 0.0137. The van der Waals surface area contributed by atoms with Crippen LogP contribution >= 0.6 is 0 Å². The Morgan fingerprint density at radius 2 is 2.43 bits per heavy atom. The van der Waals surface area contributed by atoms with Crippen molar-refractivity contribution in [3.8, 4) is 0 Å². The Hall–Kier alpha value is -0.610. The van der Waals surface area contributed by atoms with Gasteiger partial charge in [-0.2, -0.15) is 5.90 Å². The van der Waals surface area contributed by atoms with Crippen LogP contribution in [0.15, 0.2) is 0 Å². The van der Waals surface area contributed by atoms with Crippen LogP contribution in [0.3, 0.4) is 0 Å². The highest BCUT2D eigenvalue weighted by molar-refractivity contribution is 5.72. The van der Waals surface area contributed by atoms with Gasteiger partial charge in [-0.05, 0) is 19.3 Å². The normalized spacial score (nSPS) is 27.3. The van der Waals surface area contributed by atoms with Gasteiger partial charge in [0.1, 0.15) is 0 Å². The molecule has 1 aliphatic rings. The number of hydrogen-bond donors (Lipinski definition) is 1. The van der Waals surface area contributed by atoms with Gasteiger partial charge < -0.3 is 9.57 Å². The first-order valence-corrected chi connectivity index (χ1v) is 5.31. The van der Waals surface area contributed by atoms with Crippen LogP contribution in [0, 0.1) is 5.92 Å². The lowest BCUT2D eigenvalue weighted by atomic mass is 9.91. The van der Waals surface area contributed by atoms with Crippen LogP contribution in [0.2, 0.25) is 0 Å². The molecule has 1 heterocycles. The third-order valence-corrected chi connectivity index (χ3v) is 2.70. The Morgan fingerprint density at radius 1 is 1.64 bits per heavy atom. The van der Waals surface area contributed by atoms with Crippen molar-refractivity contribution in [3.63, 3.8) is 0 Å². The molecule has 0 aromatic heterocycles. The van der Waals surface area contributed by atoms with E-state index >= 15 is 0 Å². The second-order valence-corrected chi connectivity index (χ2v) is 3.74. The standard InChI is InChI=1S/C10H19NO3/c1-2-3-6-9-8(10(12)14-11)5-4-7-13-9/h8-9H,2-7,11H2,1H3. The molecule has 2 N–H and O–H groups in total. The average molecular weight is 201 g/mol. The monoisotopic (exact) mass is 201 g/mol. The maximum atomic E-state index is 11.3. The van der Waals surface area contributed by atoms with Crippen LogP contribution in [0.1, 0.15) is 39.0 Å². The zero-order valence-corrected chi connectivity index (χ0v) is 8.70. The molecule has 1 saturated heterocycles. The van der Waals surface area contributed by atoms with Crippen LogP contribution < -0.4 is 5.90 Å². The van der Waals surface area contributed by atoms with E-state index < -0.39 is 0 Å². The summed E-state index contributed by atoms with van der Waals surface area (Å²) in [7, 11) is 0. The Kier molecular flexibility index (Phi) is 4.90. The molecule has 1 aliphatic heterocycles. The summed E-state index contributed by atoms with van der Waals surface area (Å²) in [6, 6.07) is 0. The molecule has 2 unspecified atom stereocenters. The van der Waals surface area contributed by atoms with Gasteiger partial charge in [0.2, 0.25) is 0 Å². The third-order valence-electron chi connectivity index (χ3n) is 2.70. The second kappa shape index (κ2) is 5.98. The lowest BCUT2D eigenvalue weighted by Crippen LogP contribution is -2.37. The quantitative estimate of drug-likeness (QED) is 0.698. The molecule has 0 aliphatic carbocycles. The Balaban J connectivity index is 2.45. The van der Waals surface area contributed by atoms with Gasteiger partial charge in [-0.25, -0.2) is 4.79 Å². The van der Waals surface area contributed by atoms with Crippen LogP contribution in [0.4, 0.5) is 0 Å². The van der Waals surface area contributed by atoms with Crippen molar-refractivity contribution >= 4 is 5.97 Å². The highest BCUT2D eigenvalue weighted by atomic mass is 16.7. The largest absolute Gasteiger partial charge is 0.377 e. The highest BCUT2D eigenvalue weighted by Crippen LogP contribution is 2.25. The molecule has 82 valence electrons. The Morgan fingerprint density at radius 3 is 3.07 bits per heavy atom. The first-order chi connectivity index (χ1) is 6.79. The van der Waals surface area contributed by atoms with Gasteiger partial charge in [-0.1, -0.05) is 19.8 Å². The summed E-state index contributed by atoms with van der Waals surface area (Å²) < 4.78 is 5.56. The minimum Gasteiger partial charge on any atom is -0.377 e. The second-order valence-electron chi connectivity index (χ2n) is 3.74. The molecule has 0 spiro atoms. The van der Waals surface area contributed by atoms with E-state index in [1.165, 1.54) is 0 Å². The van der Waals surface area contributed by atoms with Crippen molar-refractivity contribution in [2.45, 2.75) is 45.1 Å². The summed E-state index contributed by atoms with van der Waals surface area (Å²) in [5.41, 5.74) is 0. The van der Waals surface area contributed by atoms with Gasteiger partial charge in [-0.15, -0.1) is 0 Å². The highest BCUT2D eigenvalue weighted by Gasteiger charge is 2.32. The number of carbonyl (C=O) groups excluding carboxylic acids is 1. The number of carbonyl (C=O) groups is 1. The summed E-state index contributed by atoms with van der Waals surface area (Å²) in [6.45, 7) is 2.88. The lowest BCUT2D eigenvalue weighted by Gasteiger charge is -2.29. The van der Waals surface area contributed by atoms with E-state index in [-0.39, 0.29) is 18.0 Å². The molecule has 14 heavy (non-hydrogen) atoms. The van der Waals surface area contributed by atoms with Gasteiger partial charge in [0.05, 0.1) is 12.0 Å². The third kappa shape index (κ3) is 2.96. The maximum Gasteiger partial charge on any atom is 0.330 e. The molecular formula is C10H19NO3. The fourth-order valence-electron chi connectivity index (χ4n) is 1.89. The molecule has 0 aromatic rings. The molecule has 0 bridgehead atoms. The average Bonchev–Trinajstić information content (AvgIpc) is 2.25. The fourth-order valence-corrected chi connectivity index (χ4v) is 1.89. The van der Waals surface area contributed by atoms with Gasteiger partial charge in [0.25, 0.3) is 0 Å². The molecule has 4 heteroatoms. The van der Waals surface area contributed by atoms with Gasteiger partial charge in [0, 0.05) is 6.61 Å². The Bertz CT molecular complexity index is 184. The van der Waals surface area contributed by atoms with Crippen molar-refractivity contribution in [2.24, 2.45) is 11.8 Å². The lowest BCUT2D eigenvalue weighted by molar-refractivity contribution is -0.159. The van der Waals surface area contributed by atoms with E-state index in [1.54, 1.807) is 0 Å². The van der Waals surface area contributed by atoms with Crippen molar-refractivity contribution in [1.29, 1.82) is 0 Å². The predicted molar refractivity (Wildman–Crippen MR) is 52.3 cm³/mol. The molecule has 0 amide bonds. The molecule has 1 fully saturated rings. The van der Waals surface area contributed by atoms with Crippen molar-refractivity contribution in [2.75, 3.05) is 6.61 Å². The summed E-state index contributed by atoms with van der Waals surface area (Å²) in [4.78, 5) is 15.6. The van der Waals surface area contributed by atoms with Gasteiger partial charge in [0.15, 0.2) is 0 Å². The Labute approximate surface area is 84.7 Å². The van der Waals surface area contributed by atoms with Crippen LogP contribution in [-0.4, -0.2) is 18.7 Å². The number of rotatable bonds is 4. The number of ether oxygens (including phenoxy) is 1. The van der Waals surface area contributed by atoms with Crippen molar-refractivity contribution in [3.05, 3.63) is 0 Å². The molecule has 4 nitrogen and oxygen atoms in total. The topological polar surface area (TPSA) is 61.5 Å². The molecule has 1 rings (SSSR count). The fraction of sp³-hybridized carbons (Fsp3) is 0.900. The number of unbranched alkanes of at least 4 members (excludes halogenated alkanes) is 1.